The third-order valence-corrected chi connectivity index (χ3v) is 2.52. The monoisotopic (exact) mass is 248 g/mol. The lowest BCUT2D eigenvalue weighted by Gasteiger charge is -2.05. The zero-order chi connectivity index (χ0) is 13.1. The zero-order valence-electron chi connectivity index (χ0n) is 10.4. The Morgan fingerprint density at radius 2 is 2.33 bits per heavy atom. The summed E-state index contributed by atoms with van der Waals surface area (Å²) in [5, 5.41) is 10.8. The van der Waals surface area contributed by atoms with Gasteiger partial charge in [-0.25, -0.2) is 0 Å². The Balaban J connectivity index is 1.87. The standard InChI is InChI=1S/C11H16N6O/c1-8-6-14-17(7-8)4-3-13-11(18)9-5-10(12)15-16(9)2/h5-7H,3-4H2,1-2H3,(H2,12,15)(H,13,18). The summed E-state index contributed by atoms with van der Waals surface area (Å²) in [6.07, 6.45) is 3.71. The van der Waals surface area contributed by atoms with Gasteiger partial charge in [-0.05, 0) is 12.5 Å². The summed E-state index contributed by atoms with van der Waals surface area (Å²) in [6.45, 7) is 3.11. The van der Waals surface area contributed by atoms with Gasteiger partial charge in [0.2, 0.25) is 0 Å². The summed E-state index contributed by atoms with van der Waals surface area (Å²) in [6, 6.07) is 1.55. The lowest BCUT2D eigenvalue weighted by molar-refractivity contribution is 0.0942. The van der Waals surface area contributed by atoms with Crippen LogP contribution in [0.4, 0.5) is 5.82 Å². The third-order valence-electron chi connectivity index (χ3n) is 2.52. The molecule has 0 aliphatic carbocycles. The van der Waals surface area contributed by atoms with E-state index in [0.29, 0.717) is 24.6 Å². The number of carbonyl (C=O) groups excluding carboxylic acids is 1. The van der Waals surface area contributed by atoms with E-state index in [1.165, 1.54) is 4.68 Å². The lowest BCUT2D eigenvalue weighted by Crippen LogP contribution is -2.29. The highest BCUT2D eigenvalue weighted by Crippen LogP contribution is 2.03. The van der Waals surface area contributed by atoms with Gasteiger partial charge >= 0.3 is 0 Å². The molecule has 2 aromatic heterocycles. The minimum absolute atomic E-state index is 0.189. The molecule has 7 nitrogen and oxygen atoms in total. The number of carbonyl (C=O) groups is 1. The number of hydrogen-bond donors (Lipinski definition) is 2. The molecule has 0 saturated heterocycles. The predicted octanol–water partition coefficient (Wildman–Crippen LogP) is -0.0628. The average Bonchev–Trinajstić information content (AvgIpc) is 2.85. The van der Waals surface area contributed by atoms with E-state index < -0.39 is 0 Å². The van der Waals surface area contributed by atoms with E-state index in [1.54, 1.807) is 24.0 Å². The van der Waals surface area contributed by atoms with Crippen molar-refractivity contribution < 1.29 is 4.79 Å². The SMILES string of the molecule is Cc1cnn(CCNC(=O)c2cc(N)nn2C)c1. The molecule has 96 valence electrons. The fraction of sp³-hybridized carbons (Fsp3) is 0.364. The highest BCUT2D eigenvalue weighted by Gasteiger charge is 2.11. The number of rotatable bonds is 4. The topological polar surface area (TPSA) is 90.8 Å². The van der Waals surface area contributed by atoms with Gasteiger partial charge in [-0.1, -0.05) is 0 Å². The van der Waals surface area contributed by atoms with E-state index in [2.05, 4.69) is 15.5 Å². The van der Waals surface area contributed by atoms with E-state index >= 15 is 0 Å². The van der Waals surface area contributed by atoms with Crippen molar-refractivity contribution in [2.45, 2.75) is 13.5 Å². The number of aryl methyl sites for hydroxylation is 2. The van der Waals surface area contributed by atoms with Gasteiger partial charge in [-0.15, -0.1) is 0 Å². The Morgan fingerprint density at radius 3 is 2.89 bits per heavy atom. The summed E-state index contributed by atoms with van der Waals surface area (Å²) in [5.41, 5.74) is 7.06. The van der Waals surface area contributed by atoms with Crippen LogP contribution in [-0.2, 0) is 13.6 Å². The molecule has 2 heterocycles. The Hall–Kier alpha value is -2.31. The van der Waals surface area contributed by atoms with E-state index in [1.807, 2.05) is 13.1 Å². The number of aromatic nitrogens is 4. The van der Waals surface area contributed by atoms with Crippen LogP contribution in [0, 0.1) is 6.92 Å². The van der Waals surface area contributed by atoms with Crippen LogP contribution in [-0.4, -0.2) is 32.0 Å². The molecule has 0 aliphatic heterocycles. The fourth-order valence-electron chi connectivity index (χ4n) is 1.67. The Morgan fingerprint density at radius 1 is 1.56 bits per heavy atom. The predicted molar refractivity (Wildman–Crippen MR) is 66.9 cm³/mol. The molecule has 0 radical (unpaired) electrons. The van der Waals surface area contributed by atoms with Gasteiger partial charge in [0.25, 0.3) is 5.91 Å². The molecule has 0 aliphatic rings. The molecule has 0 aromatic carbocycles. The minimum atomic E-state index is -0.189. The molecule has 2 rings (SSSR count). The summed E-state index contributed by atoms with van der Waals surface area (Å²) in [5.74, 6) is 0.149. The fourth-order valence-corrected chi connectivity index (χ4v) is 1.67. The van der Waals surface area contributed by atoms with Crippen molar-refractivity contribution >= 4 is 11.7 Å². The molecule has 3 N–H and O–H groups in total. The van der Waals surface area contributed by atoms with Crippen molar-refractivity contribution in [3.63, 3.8) is 0 Å². The van der Waals surface area contributed by atoms with Gasteiger partial charge in [-0.2, -0.15) is 10.2 Å². The van der Waals surface area contributed by atoms with E-state index in [0.717, 1.165) is 5.56 Å². The summed E-state index contributed by atoms with van der Waals surface area (Å²) >= 11 is 0. The number of nitrogens with two attached hydrogens (primary N) is 1. The van der Waals surface area contributed by atoms with Gasteiger partial charge in [0.05, 0.1) is 12.7 Å². The molecule has 1 amide bonds. The van der Waals surface area contributed by atoms with Crippen LogP contribution in [0.2, 0.25) is 0 Å². The van der Waals surface area contributed by atoms with E-state index in [9.17, 15) is 4.79 Å². The summed E-state index contributed by atoms with van der Waals surface area (Å²) < 4.78 is 3.25. The Bertz CT molecular complexity index is 556. The second-order valence-electron chi connectivity index (χ2n) is 4.11. The van der Waals surface area contributed by atoms with Crippen molar-refractivity contribution in [2.24, 2.45) is 7.05 Å². The molecule has 0 atom stereocenters. The average molecular weight is 248 g/mol. The first-order valence-electron chi connectivity index (χ1n) is 5.63. The molecule has 2 aromatic rings. The number of nitrogens with one attached hydrogen (secondary N) is 1. The first-order chi connectivity index (χ1) is 8.56. The van der Waals surface area contributed by atoms with Crippen LogP contribution >= 0.6 is 0 Å². The zero-order valence-corrected chi connectivity index (χ0v) is 10.4. The maximum atomic E-state index is 11.8. The van der Waals surface area contributed by atoms with Gasteiger partial charge < -0.3 is 11.1 Å². The Labute approximate surface area is 105 Å². The third kappa shape index (κ3) is 2.68. The van der Waals surface area contributed by atoms with Crippen LogP contribution in [0.1, 0.15) is 16.1 Å². The molecule has 18 heavy (non-hydrogen) atoms. The first-order valence-corrected chi connectivity index (χ1v) is 5.63. The highest BCUT2D eigenvalue weighted by atomic mass is 16.2. The van der Waals surface area contributed by atoms with Crippen LogP contribution in [0.3, 0.4) is 0 Å². The number of nitrogens with zero attached hydrogens (tertiary/aromatic N) is 4. The van der Waals surface area contributed by atoms with Crippen LogP contribution in [0.25, 0.3) is 0 Å². The van der Waals surface area contributed by atoms with Gasteiger partial charge in [0.1, 0.15) is 11.5 Å². The maximum Gasteiger partial charge on any atom is 0.269 e. The Kier molecular flexibility index (Phi) is 3.31. The molecular weight excluding hydrogens is 232 g/mol. The maximum absolute atomic E-state index is 11.8. The normalized spacial score (nSPS) is 10.6. The number of nitrogen functional groups attached to an aromatic ring is 1. The quantitative estimate of drug-likeness (QED) is 0.793. The first kappa shape index (κ1) is 12.2. The molecule has 0 bridgehead atoms. The van der Waals surface area contributed by atoms with Crippen molar-refractivity contribution in [2.75, 3.05) is 12.3 Å². The van der Waals surface area contributed by atoms with Gasteiger partial charge in [-0.3, -0.25) is 14.2 Å². The van der Waals surface area contributed by atoms with Crippen LogP contribution in [0.5, 0.6) is 0 Å². The minimum Gasteiger partial charge on any atom is -0.382 e. The molecule has 7 heteroatoms. The van der Waals surface area contributed by atoms with Crippen molar-refractivity contribution in [1.29, 1.82) is 0 Å². The number of hydrogen-bond acceptors (Lipinski definition) is 4. The smallest absolute Gasteiger partial charge is 0.269 e. The number of anilines is 1. The van der Waals surface area contributed by atoms with Crippen molar-refractivity contribution in [3.8, 4) is 0 Å². The molecule has 0 fully saturated rings. The molecule has 0 spiro atoms. The van der Waals surface area contributed by atoms with E-state index in [4.69, 9.17) is 5.73 Å². The summed E-state index contributed by atoms with van der Waals surface area (Å²) in [7, 11) is 1.68. The molecular formula is C11H16N6O. The van der Waals surface area contributed by atoms with Crippen LogP contribution < -0.4 is 11.1 Å². The van der Waals surface area contributed by atoms with Gasteiger partial charge in [0, 0.05) is 25.9 Å². The van der Waals surface area contributed by atoms with Gasteiger partial charge in [0.15, 0.2) is 0 Å². The number of amides is 1. The van der Waals surface area contributed by atoms with Crippen molar-refractivity contribution in [3.05, 3.63) is 29.7 Å². The second kappa shape index (κ2) is 4.91. The largest absolute Gasteiger partial charge is 0.382 e. The molecule has 0 saturated carbocycles. The highest BCUT2D eigenvalue weighted by molar-refractivity contribution is 5.93. The van der Waals surface area contributed by atoms with E-state index in [-0.39, 0.29) is 5.91 Å². The lowest BCUT2D eigenvalue weighted by atomic mass is 10.4. The van der Waals surface area contributed by atoms with Crippen LogP contribution in [0.15, 0.2) is 18.5 Å². The molecule has 0 unspecified atom stereocenters. The second-order valence-corrected chi connectivity index (χ2v) is 4.11. The van der Waals surface area contributed by atoms with Crippen molar-refractivity contribution in [1.82, 2.24) is 24.9 Å². The summed E-state index contributed by atoms with van der Waals surface area (Å²) in [4.78, 5) is 11.8.